The van der Waals surface area contributed by atoms with Gasteiger partial charge in [0.15, 0.2) is 5.96 Å². The molecule has 2 aliphatic rings. The van der Waals surface area contributed by atoms with Crippen LogP contribution < -0.4 is 10.6 Å². The van der Waals surface area contributed by atoms with Crippen molar-refractivity contribution in [1.29, 1.82) is 0 Å². The number of piperidine rings is 2. The van der Waals surface area contributed by atoms with E-state index in [1.807, 2.05) is 7.05 Å². The van der Waals surface area contributed by atoms with Gasteiger partial charge in [0.2, 0.25) is 0 Å². The molecular formula is C23H39N5. The summed E-state index contributed by atoms with van der Waals surface area (Å²) in [6.07, 6.45) is 7.72. The lowest BCUT2D eigenvalue weighted by atomic mass is 10.0. The predicted molar refractivity (Wildman–Crippen MR) is 119 cm³/mol. The zero-order valence-corrected chi connectivity index (χ0v) is 17.9. The largest absolute Gasteiger partial charge is 0.354 e. The van der Waals surface area contributed by atoms with E-state index in [9.17, 15) is 0 Å². The smallest absolute Gasteiger partial charge is 0.191 e. The van der Waals surface area contributed by atoms with Gasteiger partial charge in [-0.3, -0.25) is 9.89 Å². The Balaban J connectivity index is 1.48. The maximum Gasteiger partial charge on any atom is 0.191 e. The van der Waals surface area contributed by atoms with Crippen molar-refractivity contribution in [3.8, 4) is 0 Å². The summed E-state index contributed by atoms with van der Waals surface area (Å²) in [5.41, 5.74) is 2.83. The average Bonchev–Trinajstić information content (AvgIpc) is 2.74. The lowest BCUT2D eigenvalue weighted by Gasteiger charge is -2.33. The second kappa shape index (κ2) is 11.4. The highest BCUT2D eigenvalue weighted by Gasteiger charge is 2.19. The maximum absolute atomic E-state index is 4.47. The highest BCUT2D eigenvalue weighted by atomic mass is 15.2. The molecule has 0 atom stereocenters. The van der Waals surface area contributed by atoms with Gasteiger partial charge in [-0.15, -0.1) is 0 Å². The highest BCUT2D eigenvalue weighted by Crippen LogP contribution is 2.16. The third kappa shape index (κ3) is 6.49. The van der Waals surface area contributed by atoms with E-state index >= 15 is 0 Å². The van der Waals surface area contributed by atoms with Crippen molar-refractivity contribution in [1.82, 2.24) is 20.4 Å². The van der Waals surface area contributed by atoms with Crippen LogP contribution in [0.4, 0.5) is 0 Å². The number of nitrogens with one attached hydrogen (secondary N) is 2. The molecule has 0 aromatic heterocycles. The van der Waals surface area contributed by atoms with Gasteiger partial charge in [0, 0.05) is 39.3 Å². The Morgan fingerprint density at radius 3 is 2.39 bits per heavy atom. The minimum Gasteiger partial charge on any atom is -0.354 e. The van der Waals surface area contributed by atoms with Crippen LogP contribution in [0.3, 0.4) is 0 Å². The Labute approximate surface area is 171 Å². The van der Waals surface area contributed by atoms with E-state index in [0.717, 1.165) is 19.0 Å². The van der Waals surface area contributed by atoms with Crippen LogP contribution in [0.15, 0.2) is 29.3 Å². The first-order valence-corrected chi connectivity index (χ1v) is 11.3. The van der Waals surface area contributed by atoms with Crippen molar-refractivity contribution in [3.63, 3.8) is 0 Å². The van der Waals surface area contributed by atoms with Crippen LogP contribution in [-0.2, 0) is 13.1 Å². The van der Waals surface area contributed by atoms with Crippen LogP contribution in [0.25, 0.3) is 0 Å². The Morgan fingerprint density at radius 1 is 1.00 bits per heavy atom. The monoisotopic (exact) mass is 385 g/mol. The van der Waals surface area contributed by atoms with Gasteiger partial charge in [0.1, 0.15) is 0 Å². The number of hydrogen-bond donors (Lipinski definition) is 2. The molecule has 1 aromatic carbocycles. The van der Waals surface area contributed by atoms with E-state index < -0.39 is 0 Å². The van der Waals surface area contributed by atoms with Gasteiger partial charge in [-0.05, 0) is 62.9 Å². The van der Waals surface area contributed by atoms with Crippen molar-refractivity contribution in [2.75, 3.05) is 39.8 Å². The molecule has 0 saturated carbocycles. The third-order valence-corrected chi connectivity index (χ3v) is 6.10. The molecular weight excluding hydrogens is 346 g/mol. The summed E-state index contributed by atoms with van der Waals surface area (Å²) in [6.45, 7) is 10.3. The Bertz CT molecular complexity index is 601. The molecule has 2 heterocycles. The number of benzene rings is 1. The standard InChI is InChI=1S/C23H39N5/c1-3-13-27-16-11-22(12-17-27)26-23(24-2)25-18-20-9-5-6-10-21(20)19-28-14-7-4-8-15-28/h5-6,9-10,22H,3-4,7-8,11-19H2,1-2H3,(H2,24,25,26). The third-order valence-electron chi connectivity index (χ3n) is 6.10. The van der Waals surface area contributed by atoms with E-state index in [-0.39, 0.29) is 0 Å². The highest BCUT2D eigenvalue weighted by molar-refractivity contribution is 5.80. The zero-order valence-electron chi connectivity index (χ0n) is 17.9. The first-order valence-electron chi connectivity index (χ1n) is 11.3. The van der Waals surface area contributed by atoms with E-state index in [1.165, 1.54) is 82.4 Å². The van der Waals surface area contributed by atoms with Crippen LogP contribution in [0.5, 0.6) is 0 Å². The van der Waals surface area contributed by atoms with Crippen LogP contribution in [0.2, 0.25) is 0 Å². The van der Waals surface area contributed by atoms with E-state index in [1.54, 1.807) is 0 Å². The molecule has 2 fully saturated rings. The molecule has 28 heavy (non-hydrogen) atoms. The van der Waals surface area contributed by atoms with E-state index in [4.69, 9.17) is 0 Å². The number of guanidine groups is 1. The lowest BCUT2D eigenvalue weighted by molar-refractivity contribution is 0.206. The number of aliphatic imine (C=N–C) groups is 1. The molecule has 156 valence electrons. The van der Waals surface area contributed by atoms with Gasteiger partial charge in [-0.2, -0.15) is 0 Å². The minimum atomic E-state index is 0.530. The molecule has 5 nitrogen and oxygen atoms in total. The fraction of sp³-hybridized carbons (Fsp3) is 0.696. The molecule has 0 bridgehead atoms. The minimum absolute atomic E-state index is 0.530. The summed E-state index contributed by atoms with van der Waals surface area (Å²) in [5, 5.41) is 7.19. The number of rotatable bonds is 7. The maximum atomic E-state index is 4.47. The van der Waals surface area contributed by atoms with Gasteiger partial charge in [0.25, 0.3) is 0 Å². The van der Waals surface area contributed by atoms with E-state index in [0.29, 0.717) is 6.04 Å². The molecule has 0 unspecified atom stereocenters. The van der Waals surface area contributed by atoms with Crippen molar-refractivity contribution in [3.05, 3.63) is 35.4 Å². The van der Waals surface area contributed by atoms with Gasteiger partial charge in [-0.1, -0.05) is 37.6 Å². The normalized spacial score (nSPS) is 20.3. The second-order valence-electron chi connectivity index (χ2n) is 8.29. The molecule has 0 radical (unpaired) electrons. The zero-order chi connectivity index (χ0) is 19.6. The molecule has 0 spiro atoms. The molecule has 3 rings (SSSR count). The molecule has 0 aliphatic carbocycles. The molecule has 5 heteroatoms. The molecule has 2 aliphatic heterocycles. The Hall–Kier alpha value is -1.59. The number of likely N-dealkylation sites (tertiary alicyclic amines) is 2. The van der Waals surface area contributed by atoms with Crippen LogP contribution in [0.1, 0.15) is 56.6 Å². The van der Waals surface area contributed by atoms with Gasteiger partial charge < -0.3 is 15.5 Å². The topological polar surface area (TPSA) is 42.9 Å². The average molecular weight is 386 g/mol. The van der Waals surface area contributed by atoms with Crippen molar-refractivity contribution in [2.45, 2.75) is 64.6 Å². The number of hydrogen-bond acceptors (Lipinski definition) is 3. The van der Waals surface area contributed by atoms with Crippen molar-refractivity contribution >= 4 is 5.96 Å². The molecule has 2 saturated heterocycles. The van der Waals surface area contributed by atoms with Crippen LogP contribution in [-0.4, -0.2) is 61.6 Å². The van der Waals surface area contributed by atoms with Crippen molar-refractivity contribution < 1.29 is 0 Å². The quantitative estimate of drug-likeness (QED) is 0.559. The second-order valence-corrected chi connectivity index (χ2v) is 8.29. The summed E-state index contributed by atoms with van der Waals surface area (Å²) in [5.74, 6) is 0.932. The van der Waals surface area contributed by atoms with E-state index in [2.05, 4.69) is 56.6 Å². The summed E-state index contributed by atoms with van der Waals surface area (Å²) < 4.78 is 0. The summed E-state index contributed by atoms with van der Waals surface area (Å²) in [6, 6.07) is 9.38. The van der Waals surface area contributed by atoms with Crippen LogP contribution in [0, 0.1) is 0 Å². The Kier molecular flexibility index (Phi) is 8.62. The number of nitrogens with zero attached hydrogens (tertiary/aromatic N) is 3. The van der Waals surface area contributed by atoms with Gasteiger partial charge >= 0.3 is 0 Å². The summed E-state index contributed by atoms with van der Waals surface area (Å²) in [4.78, 5) is 9.64. The fourth-order valence-electron chi connectivity index (χ4n) is 4.43. The predicted octanol–water partition coefficient (Wildman–Crippen LogP) is 3.21. The first kappa shape index (κ1) is 21.1. The van der Waals surface area contributed by atoms with Gasteiger partial charge in [0.05, 0.1) is 0 Å². The van der Waals surface area contributed by atoms with Crippen LogP contribution >= 0.6 is 0 Å². The first-order chi connectivity index (χ1) is 13.8. The molecule has 0 amide bonds. The molecule has 2 N–H and O–H groups in total. The SMILES string of the molecule is CCCN1CCC(NC(=NC)NCc2ccccc2CN2CCCCC2)CC1. The fourth-order valence-corrected chi connectivity index (χ4v) is 4.43. The lowest BCUT2D eigenvalue weighted by Crippen LogP contribution is -2.48. The Morgan fingerprint density at radius 2 is 1.71 bits per heavy atom. The molecule has 1 aromatic rings. The van der Waals surface area contributed by atoms with Gasteiger partial charge in [-0.25, -0.2) is 0 Å². The van der Waals surface area contributed by atoms with Crippen molar-refractivity contribution in [2.24, 2.45) is 4.99 Å². The summed E-state index contributed by atoms with van der Waals surface area (Å²) in [7, 11) is 1.88. The summed E-state index contributed by atoms with van der Waals surface area (Å²) >= 11 is 0.